The van der Waals surface area contributed by atoms with Gasteiger partial charge in [0.05, 0.1) is 6.04 Å². The lowest BCUT2D eigenvalue weighted by molar-refractivity contribution is -0.109. The van der Waals surface area contributed by atoms with E-state index < -0.39 is 0 Å². The van der Waals surface area contributed by atoms with E-state index in [1.165, 1.54) is 23.1 Å². The van der Waals surface area contributed by atoms with Crippen LogP contribution in [0.1, 0.15) is 13.8 Å². The first-order valence-corrected chi connectivity index (χ1v) is 8.45. The van der Waals surface area contributed by atoms with Crippen LogP contribution >= 0.6 is 27.9 Å². The maximum absolute atomic E-state index is 11.0. The molecular formula is C17H18BrNOS. The van der Waals surface area contributed by atoms with Crippen LogP contribution in [0.5, 0.6) is 0 Å². The van der Waals surface area contributed by atoms with Crippen molar-refractivity contribution in [2.45, 2.75) is 24.8 Å². The monoisotopic (exact) mass is 363 g/mol. The molecule has 0 spiro atoms. The summed E-state index contributed by atoms with van der Waals surface area (Å²) < 4.78 is 4.27. The molecule has 4 heteroatoms. The number of carbonyl (C=O) groups excluding carboxylic acids is 1. The van der Waals surface area contributed by atoms with Crippen molar-refractivity contribution in [3.8, 4) is 11.1 Å². The van der Waals surface area contributed by atoms with Crippen LogP contribution in [0.25, 0.3) is 11.1 Å². The molecule has 2 rings (SSSR count). The highest BCUT2D eigenvalue weighted by molar-refractivity contribution is 9.10. The molecule has 1 unspecified atom stereocenters. The summed E-state index contributed by atoms with van der Waals surface area (Å²) in [4.78, 5) is 12.1. The summed E-state index contributed by atoms with van der Waals surface area (Å²) >= 11 is 4.94. The van der Waals surface area contributed by atoms with Gasteiger partial charge in [-0.2, -0.15) is 0 Å². The van der Waals surface area contributed by atoms with Gasteiger partial charge in [-0.3, -0.25) is 0 Å². The summed E-state index contributed by atoms with van der Waals surface area (Å²) in [7, 11) is 0. The van der Waals surface area contributed by atoms with Gasteiger partial charge in [0.1, 0.15) is 6.29 Å². The van der Waals surface area contributed by atoms with Gasteiger partial charge in [-0.25, -0.2) is 4.72 Å². The van der Waals surface area contributed by atoms with Gasteiger partial charge in [0.2, 0.25) is 0 Å². The van der Waals surface area contributed by atoms with Crippen LogP contribution in [0.15, 0.2) is 57.9 Å². The fourth-order valence-corrected chi connectivity index (χ4v) is 2.95. The molecule has 1 N–H and O–H groups in total. The maximum Gasteiger partial charge on any atom is 0.138 e. The Morgan fingerprint density at radius 3 is 2.00 bits per heavy atom. The average Bonchev–Trinajstić information content (AvgIpc) is 2.49. The van der Waals surface area contributed by atoms with Crippen LogP contribution in [0.3, 0.4) is 0 Å². The Kier molecular flexibility index (Phi) is 6.03. The highest BCUT2D eigenvalue weighted by Gasteiger charge is 2.11. The number of hydrogen-bond acceptors (Lipinski definition) is 3. The Morgan fingerprint density at radius 1 is 1.00 bits per heavy atom. The minimum atomic E-state index is -0.124. The quantitative estimate of drug-likeness (QED) is 0.582. The SMILES string of the molecule is CC(C)C(C=O)NSc1ccc(-c2ccc(Br)cc2)cc1. The molecule has 1 atom stereocenters. The Morgan fingerprint density at radius 2 is 1.52 bits per heavy atom. The molecule has 0 radical (unpaired) electrons. The summed E-state index contributed by atoms with van der Waals surface area (Å²) in [6.07, 6.45) is 0.966. The molecule has 0 aromatic heterocycles. The van der Waals surface area contributed by atoms with Crippen molar-refractivity contribution in [2.24, 2.45) is 5.92 Å². The van der Waals surface area contributed by atoms with Gasteiger partial charge in [0.15, 0.2) is 0 Å². The fraction of sp³-hybridized carbons (Fsp3) is 0.235. The van der Waals surface area contributed by atoms with Crippen LogP contribution in [-0.2, 0) is 4.79 Å². The number of rotatable bonds is 6. The van der Waals surface area contributed by atoms with Gasteiger partial charge in [-0.15, -0.1) is 0 Å². The van der Waals surface area contributed by atoms with E-state index in [9.17, 15) is 4.79 Å². The smallest absolute Gasteiger partial charge is 0.138 e. The predicted molar refractivity (Wildman–Crippen MR) is 93.3 cm³/mol. The molecule has 2 aromatic carbocycles. The topological polar surface area (TPSA) is 29.1 Å². The summed E-state index contributed by atoms with van der Waals surface area (Å²) in [6.45, 7) is 4.06. The first-order chi connectivity index (χ1) is 10.1. The molecule has 110 valence electrons. The summed E-state index contributed by atoms with van der Waals surface area (Å²) in [5, 5.41) is 0. The lowest BCUT2D eigenvalue weighted by atomic mass is 10.1. The number of carbonyl (C=O) groups is 1. The van der Waals surface area contributed by atoms with Crippen molar-refractivity contribution in [3.05, 3.63) is 53.0 Å². The van der Waals surface area contributed by atoms with E-state index >= 15 is 0 Å². The van der Waals surface area contributed by atoms with E-state index in [1.807, 2.05) is 26.0 Å². The lowest BCUT2D eigenvalue weighted by Crippen LogP contribution is -2.30. The van der Waals surface area contributed by atoms with E-state index in [-0.39, 0.29) is 12.0 Å². The van der Waals surface area contributed by atoms with Crippen molar-refractivity contribution < 1.29 is 4.79 Å². The molecule has 0 aliphatic carbocycles. The summed E-state index contributed by atoms with van der Waals surface area (Å²) in [5.74, 6) is 0.289. The zero-order valence-electron chi connectivity index (χ0n) is 12.0. The second-order valence-electron chi connectivity index (χ2n) is 5.16. The molecule has 0 saturated carbocycles. The maximum atomic E-state index is 11.0. The van der Waals surface area contributed by atoms with E-state index in [0.717, 1.165) is 15.7 Å². The standard InChI is InChI=1S/C17H18BrNOS/c1-12(2)17(11-20)19-21-16-9-5-14(6-10-16)13-3-7-15(18)8-4-13/h3-12,17,19H,1-2H3. The predicted octanol–water partition coefficient (Wildman–Crippen LogP) is 4.94. The third-order valence-electron chi connectivity index (χ3n) is 3.21. The minimum absolute atomic E-state index is 0.124. The number of benzene rings is 2. The van der Waals surface area contributed by atoms with E-state index in [1.54, 1.807) is 0 Å². The van der Waals surface area contributed by atoms with Gasteiger partial charge in [0.25, 0.3) is 0 Å². The molecule has 0 fully saturated rings. The second-order valence-corrected chi connectivity index (χ2v) is 6.98. The third-order valence-corrected chi connectivity index (χ3v) is 4.64. The van der Waals surface area contributed by atoms with Gasteiger partial charge >= 0.3 is 0 Å². The summed E-state index contributed by atoms with van der Waals surface area (Å²) in [6, 6.07) is 16.5. The van der Waals surface area contributed by atoms with Gasteiger partial charge in [-0.05, 0) is 53.3 Å². The average molecular weight is 364 g/mol. The van der Waals surface area contributed by atoms with Crippen LogP contribution in [0.2, 0.25) is 0 Å². The van der Waals surface area contributed by atoms with Crippen molar-refractivity contribution in [3.63, 3.8) is 0 Å². The highest BCUT2D eigenvalue weighted by atomic mass is 79.9. The van der Waals surface area contributed by atoms with E-state index in [2.05, 4.69) is 57.1 Å². The largest absolute Gasteiger partial charge is 0.302 e. The third kappa shape index (κ3) is 4.70. The first-order valence-electron chi connectivity index (χ1n) is 6.84. The fourth-order valence-electron chi connectivity index (χ4n) is 1.81. The zero-order valence-corrected chi connectivity index (χ0v) is 14.4. The van der Waals surface area contributed by atoms with Crippen LogP contribution in [0, 0.1) is 5.92 Å². The molecular weight excluding hydrogens is 346 g/mol. The molecule has 0 saturated heterocycles. The molecule has 0 aliphatic heterocycles. The minimum Gasteiger partial charge on any atom is -0.302 e. The number of nitrogens with one attached hydrogen (secondary N) is 1. The van der Waals surface area contributed by atoms with Gasteiger partial charge in [-0.1, -0.05) is 54.0 Å². The highest BCUT2D eigenvalue weighted by Crippen LogP contribution is 2.24. The molecule has 0 heterocycles. The van der Waals surface area contributed by atoms with Crippen molar-refractivity contribution in [1.29, 1.82) is 0 Å². The number of hydrogen-bond donors (Lipinski definition) is 1. The molecule has 0 amide bonds. The Balaban J connectivity index is 2.02. The first kappa shape index (κ1) is 16.3. The lowest BCUT2D eigenvalue weighted by Gasteiger charge is -2.15. The van der Waals surface area contributed by atoms with Crippen LogP contribution < -0.4 is 4.72 Å². The number of halogens is 1. The normalized spacial score (nSPS) is 12.4. The summed E-state index contributed by atoms with van der Waals surface area (Å²) in [5.41, 5.74) is 2.37. The van der Waals surface area contributed by atoms with Gasteiger partial charge < -0.3 is 4.79 Å². The molecule has 0 aliphatic rings. The van der Waals surface area contributed by atoms with Crippen LogP contribution in [0.4, 0.5) is 0 Å². The molecule has 2 nitrogen and oxygen atoms in total. The Bertz CT molecular complexity index is 581. The second kappa shape index (κ2) is 7.78. The number of aldehydes is 1. The van der Waals surface area contributed by atoms with Crippen molar-refractivity contribution >= 4 is 34.2 Å². The molecule has 21 heavy (non-hydrogen) atoms. The Labute approximate surface area is 138 Å². The van der Waals surface area contributed by atoms with Crippen molar-refractivity contribution in [1.82, 2.24) is 4.72 Å². The molecule has 2 aromatic rings. The van der Waals surface area contributed by atoms with Crippen molar-refractivity contribution in [2.75, 3.05) is 0 Å². The molecule has 0 bridgehead atoms. The van der Waals surface area contributed by atoms with Gasteiger partial charge in [0, 0.05) is 9.37 Å². The Hall–Kier alpha value is -1.10. The van der Waals surface area contributed by atoms with Crippen LogP contribution in [-0.4, -0.2) is 12.3 Å². The zero-order chi connectivity index (χ0) is 15.2. The van der Waals surface area contributed by atoms with E-state index in [0.29, 0.717) is 0 Å². The van der Waals surface area contributed by atoms with E-state index in [4.69, 9.17) is 0 Å².